The SMILES string of the molecule is N#CN(C(=O)S)S(=O)(=O)O. The summed E-state index contributed by atoms with van der Waals surface area (Å²) in [6.45, 7) is 0. The van der Waals surface area contributed by atoms with Crippen molar-refractivity contribution in [2.75, 3.05) is 0 Å². The van der Waals surface area contributed by atoms with Crippen molar-refractivity contribution in [2.24, 2.45) is 0 Å². The number of carbonyl (C=O) groups is 1. The Bertz CT molecular complexity index is 274. The fourth-order valence-corrected chi connectivity index (χ4v) is 0.848. The highest BCUT2D eigenvalue weighted by atomic mass is 32.2. The molecule has 10 heavy (non-hydrogen) atoms. The van der Waals surface area contributed by atoms with Gasteiger partial charge in [0.05, 0.1) is 0 Å². The first-order valence-corrected chi connectivity index (χ1v) is 3.64. The molecule has 56 valence electrons. The molecule has 8 heteroatoms. The molecule has 0 saturated carbocycles. The molecule has 0 aliphatic rings. The van der Waals surface area contributed by atoms with E-state index in [1.165, 1.54) is 0 Å². The first-order valence-electron chi connectivity index (χ1n) is 1.80. The molecule has 0 aliphatic carbocycles. The minimum atomic E-state index is -4.77. The van der Waals surface area contributed by atoms with E-state index in [2.05, 4.69) is 12.6 Å². The van der Waals surface area contributed by atoms with Gasteiger partial charge in [-0.05, 0) is 0 Å². The predicted octanol–water partition coefficient (Wildman–Crippen LogP) is -0.378. The zero-order chi connectivity index (χ0) is 8.36. The summed E-state index contributed by atoms with van der Waals surface area (Å²) in [6, 6.07) is 0. The van der Waals surface area contributed by atoms with Gasteiger partial charge in [0.1, 0.15) is 0 Å². The van der Waals surface area contributed by atoms with Crippen LogP contribution in [0.4, 0.5) is 4.79 Å². The molecule has 0 bridgehead atoms. The second-order valence-corrected chi connectivity index (χ2v) is 2.77. The molecule has 0 radical (unpaired) electrons. The molecule has 0 unspecified atom stereocenters. The summed E-state index contributed by atoms with van der Waals surface area (Å²) >= 11 is 2.99. The second kappa shape index (κ2) is 2.87. The lowest BCUT2D eigenvalue weighted by molar-refractivity contribution is 0.252. The van der Waals surface area contributed by atoms with E-state index in [1.807, 2.05) is 0 Å². The zero-order valence-electron chi connectivity index (χ0n) is 4.42. The van der Waals surface area contributed by atoms with Gasteiger partial charge in [0.25, 0.3) is 0 Å². The van der Waals surface area contributed by atoms with E-state index >= 15 is 0 Å². The fraction of sp³-hybridized carbons (Fsp3) is 0. The standard InChI is InChI=1S/C2H2N2O4S2/c3-1-4(2(5)9)10(6,7)8/h(H,5,9)(H,6,7,8). The van der Waals surface area contributed by atoms with Gasteiger partial charge < -0.3 is 0 Å². The molecule has 0 saturated heterocycles. The Balaban J connectivity index is 4.78. The van der Waals surface area contributed by atoms with Gasteiger partial charge in [-0.15, -0.1) is 4.31 Å². The Hall–Kier alpha value is -0.780. The smallest absolute Gasteiger partial charge is 0.268 e. The molecule has 1 N–H and O–H groups in total. The molecule has 0 spiro atoms. The Morgan fingerprint density at radius 1 is 1.70 bits per heavy atom. The van der Waals surface area contributed by atoms with E-state index in [0.717, 1.165) is 6.19 Å². The Morgan fingerprint density at radius 3 is 2.10 bits per heavy atom. The van der Waals surface area contributed by atoms with Crippen LogP contribution in [0.5, 0.6) is 0 Å². The first kappa shape index (κ1) is 9.22. The van der Waals surface area contributed by atoms with E-state index in [4.69, 9.17) is 9.81 Å². The van der Waals surface area contributed by atoms with Crippen molar-refractivity contribution < 1.29 is 17.8 Å². The highest BCUT2D eigenvalue weighted by Crippen LogP contribution is 1.99. The van der Waals surface area contributed by atoms with Gasteiger partial charge in [0, 0.05) is 0 Å². The highest BCUT2D eigenvalue weighted by molar-refractivity contribution is 7.98. The zero-order valence-corrected chi connectivity index (χ0v) is 6.13. The molecule has 0 aromatic carbocycles. The predicted molar refractivity (Wildman–Crippen MR) is 33.4 cm³/mol. The third-order valence-corrected chi connectivity index (χ3v) is 1.54. The summed E-state index contributed by atoms with van der Waals surface area (Å²) in [5.74, 6) is 0. The van der Waals surface area contributed by atoms with Crippen molar-refractivity contribution in [3.63, 3.8) is 0 Å². The van der Waals surface area contributed by atoms with Crippen LogP contribution in [0.15, 0.2) is 0 Å². The number of rotatable bonds is 1. The molecule has 0 aromatic rings. The summed E-state index contributed by atoms with van der Waals surface area (Å²) in [7, 11) is -4.77. The number of thiol groups is 1. The average molecular weight is 182 g/mol. The minimum absolute atomic E-state index is 0.462. The molecule has 0 atom stereocenters. The van der Waals surface area contributed by atoms with Crippen LogP contribution in [0, 0.1) is 11.5 Å². The highest BCUT2D eigenvalue weighted by Gasteiger charge is 2.21. The number of nitrogens with zero attached hydrogens (tertiary/aromatic N) is 2. The van der Waals surface area contributed by atoms with Crippen LogP contribution < -0.4 is 0 Å². The van der Waals surface area contributed by atoms with Crippen molar-refractivity contribution in [3.05, 3.63) is 0 Å². The second-order valence-electron chi connectivity index (χ2n) is 1.12. The van der Waals surface area contributed by atoms with Crippen LogP contribution >= 0.6 is 12.6 Å². The van der Waals surface area contributed by atoms with Crippen LogP contribution in [-0.4, -0.2) is 22.5 Å². The number of hydrogen-bond acceptors (Lipinski definition) is 4. The summed E-state index contributed by atoms with van der Waals surface area (Å²) < 4.78 is 27.6. The third-order valence-electron chi connectivity index (χ3n) is 0.495. The molecular weight excluding hydrogens is 180 g/mol. The normalized spacial score (nSPS) is 10.1. The molecule has 0 rings (SSSR count). The summed E-state index contributed by atoms with van der Waals surface area (Å²) in [6.07, 6.45) is 0.911. The van der Waals surface area contributed by atoms with Crippen LogP contribution in [0.1, 0.15) is 0 Å². The van der Waals surface area contributed by atoms with Gasteiger partial charge in [-0.1, -0.05) is 12.6 Å². The first-order chi connectivity index (χ1) is 4.39. The maximum atomic E-state index is 10.1. The molecular formula is C2H2N2O4S2. The lowest BCUT2D eigenvalue weighted by Gasteiger charge is -2.02. The molecule has 0 aliphatic heterocycles. The van der Waals surface area contributed by atoms with Crippen molar-refractivity contribution in [1.82, 2.24) is 4.31 Å². The quantitative estimate of drug-likeness (QED) is 0.249. The van der Waals surface area contributed by atoms with E-state index < -0.39 is 19.8 Å². The van der Waals surface area contributed by atoms with E-state index in [9.17, 15) is 13.2 Å². The topological polar surface area (TPSA) is 98.5 Å². The van der Waals surface area contributed by atoms with Crippen LogP contribution in [0.3, 0.4) is 0 Å². The van der Waals surface area contributed by atoms with Crippen molar-refractivity contribution in [3.8, 4) is 6.19 Å². The summed E-state index contributed by atoms with van der Waals surface area (Å²) in [5, 5.41) is 6.54. The van der Waals surface area contributed by atoms with E-state index in [-0.39, 0.29) is 0 Å². The van der Waals surface area contributed by atoms with E-state index in [0.29, 0.717) is 0 Å². The third kappa shape index (κ3) is 2.22. The number of hydrogen-bond donors (Lipinski definition) is 2. The Kier molecular flexibility index (Phi) is 2.65. The Morgan fingerprint density at radius 2 is 2.10 bits per heavy atom. The minimum Gasteiger partial charge on any atom is -0.268 e. The monoisotopic (exact) mass is 182 g/mol. The van der Waals surface area contributed by atoms with E-state index in [1.54, 1.807) is 0 Å². The van der Waals surface area contributed by atoms with Crippen molar-refractivity contribution in [1.29, 1.82) is 5.26 Å². The van der Waals surface area contributed by atoms with Gasteiger partial charge in [-0.3, -0.25) is 9.35 Å². The van der Waals surface area contributed by atoms with Crippen LogP contribution in [0.25, 0.3) is 0 Å². The largest absolute Gasteiger partial charge is 0.375 e. The molecule has 0 aromatic heterocycles. The Labute approximate surface area is 62.3 Å². The van der Waals surface area contributed by atoms with Crippen molar-refractivity contribution >= 4 is 28.2 Å². The molecule has 1 amide bonds. The molecule has 0 heterocycles. The maximum absolute atomic E-state index is 10.1. The lowest BCUT2D eigenvalue weighted by Crippen LogP contribution is -2.27. The molecule has 6 nitrogen and oxygen atoms in total. The van der Waals surface area contributed by atoms with Gasteiger partial charge in [0.15, 0.2) is 0 Å². The number of amides is 1. The summed E-state index contributed by atoms with van der Waals surface area (Å²) in [4.78, 5) is 10.1. The summed E-state index contributed by atoms with van der Waals surface area (Å²) in [5.41, 5.74) is 0. The van der Waals surface area contributed by atoms with Gasteiger partial charge in [0.2, 0.25) is 6.19 Å². The average Bonchev–Trinajstić information content (AvgIpc) is 1.60. The maximum Gasteiger partial charge on any atom is 0.375 e. The molecule has 0 fully saturated rings. The van der Waals surface area contributed by atoms with Crippen LogP contribution in [-0.2, 0) is 10.3 Å². The lowest BCUT2D eigenvalue weighted by atomic mass is 11.2. The van der Waals surface area contributed by atoms with Gasteiger partial charge in [-0.2, -0.15) is 13.7 Å². The number of nitriles is 1. The van der Waals surface area contributed by atoms with Crippen molar-refractivity contribution in [2.45, 2.75) is 0 Å². The van der Waals surface area contributed by atoms with Gasteiger partial charge in [-0.25, -0.2) is 0 Å². The number of carbonyl (C=O) groups excluding carboxylic acids is 1. The van der Waals surface area contributed by atoms with Gasteiger partial charge >= 0.3 is 15.5 Å². The fourth-order valence-electron chi connectivity index (χ4n) is 0.193. The van der Waals surface area contributed by atoms with Crippen LogP contribution in [0.2, 0.25) is 0 Å².